The lowest BCUT2D eigenvalue weighted by Gasteiger charge is -2.19. The van der Waals surface area contributed by atoms with Crippen molar-refractivity contribution in [3.05, 3.63) is 122 Å². The lowest BCUT2D eigenvalue weighted by Crippen LogP contribution is -2.29. The Hall–Kier alpha value is -3.59. The van der Waals surface area contributed by atoms with E-state index < -0.39 is 32.5 Å². The molecule has 3 N–H and O–H groups in total. The number of hydrogen-bond acceptors (Lipinski definition) is 8. The average molecular weight is 1200 g/mol. The van der Waals surface area contributed by atoms with Crippen molar-refractivity contribution in [3.63, 3.8) is 0 Å². The van der Waals surface area contributed by atoms with E-state index in [1.54, 1.807) is 0 Å². The summed E-state index contributed by atoms with van der Waals surface area (Å²) < 4.78 is 33.1. The predicted octanol–water partition coefficient (Wildman–Crippen LogP) is 23.1. The topological polar surface area (TPSA) is 134 Å². The number of hydrogen-bond donors (Lipinski definition) is 2. The Bertz CT molecular complexity index is 1810. The van der Waals surface area contributed by atoms with Crippen molar-refractivity contribution >= 4 is 19.8 Å². The highest BCUT2D eigenvalue weighted by Crippen LogP contribution is 2.43. The molecule has 2 atom stereocenters. The minimum Gasteiger partial charge on any atom is -0.462 e. The molecule has 2 unspecified atom stereocenters. The maximum Gasteiger partial charge on any atom is 0.472 e. The summed E-state index contributed by atoms with van der Waals surface area (Å²) in [5.74, 6) is -0.876. The molecule has 0 fully saturated rings. The molecular weight excluding hydrogens is 1070 g/mol. The van der Waals surface area contributed by atoms with Gasteiger partial charge in [0.2, 0.25) is 0 Å². The Kier molecular flexibility index (Phi) is 66.6. The van der Waals surface area contributed by atoms with Crippen LogP contribution in [0, 0.1) is 0 Å². The third-order valence-corrected chi connectivity index (χ3v) is 15.8. The summed E-state index contributed by atoms with van der Waals surface area (Å²) >= 11 is 0. The molecule has 0 radical (unpaired) electrons. The molecule has 0 aliphatic heterocycles. The molecule has 0 aliphatic carbocycles. The molecule has 0 heterocycles. The van der Waals surface area contributed by atoms with E-state index in [1.165, 1.54) is 180 Å². The van der Waals surface area contributed by atoms with Gasteiger partial charge in [-0.25, -0.2) is 4.57 Å². The van der Waals surface area contributed by atoms with E-state index in [-0.39, 0.29) is 32.6 Å². The van der Waals surface area contributed by atoms with Gasteiger partial charge in [0.15, 0.2) is 6.10 Å². The van der Waals surface area contributed by atoms with E-state index in [1.807, 2.05) is 0 Å². The largest absolute Gasteiger partial charge is 0.472 e. The van der Waals surface area contributed by atoms with Crippen LogP contribution in [0.2, 0.25) is 0 Å². The van der Waals surface area contributed by atoms with Crippen LogP contribution >= 0.6 is 7.82 Å². The number of allylic oxidation sites excluding steroid dienone is 20. The van der Waals surface area contributed by atoms with Gasteiger partial charge in [0.1, 0.15) is 6.61 Å². The zero-order chi connectivity index (χ0) is 61.6. The molecule has 0 saturated carbocycles. The molecule has 0 bridgehead atoms. The SMILES string of the molecule is CC/C=C\C/C=C\C/C=C\C/C=C\C/C=C\C/C=C\C/C=C\C/C=C\C/C=C\C/C=C\CCCCC(=O)OC(COC(=O)CCCCCCCCCCCCCCCCCCCCCCCCCCCCCCCCC)COP(=O)(O)OCCN. The second-order valence-corrected chi connectivity index (χ2v) is 24.5. The second-order valence-electron chi connectivity index (χ2n) is 23.0. The highest BCUT2D eigenvalue weighted by atomic mass is 31.2. The summed E-state index contributed by atoms with van der Waals surface area (Å²) in [6.07, 6.45) is 97.3. The van der Waals surface area contributed by atoms with Crippen molar-refractivity contribution in [1.82, 2.24) is 0 Å². The van der Waals surface area contributed by atoms with Gasteiger partial charge in [0, 0.05) is 19.4 Å². The van der Waals surface area contributed by atoms with Gasteiger partial charge in [-0.2, -0.15) is 0 Å². The molecule has 488 valence electrons. The fourth-order valence-corrected chi connectivity index (χ4v) is 10.5. The van der Waals surface area contributed by atoms with E-state index in [2.05, 4.69) is 135 Å². The number of ether oxygens (including phenoxy) is 2. The minimum atomic E-state index is -4.41. The fourth-order valence-electron chi connectivity index (χ4n) is 9.73. The van der Waals surface area contributed by atoms with Crippen LogP contribution in [0.3, 0.4) is 0 Å². The normalized spacial score (nSPS) is 13.7. The Balaban J connectivity index is 3.98. The first-order chi connectivity index (χ1) is 41.8. The number of rotatable bonds is 65. The van der Waals surface area contributed by atoms with E-state index >= 15 is 0 Å². The molecule has 85 heavy (non-hydrogen) atoms. The van der Waals surface area contributed by atoms with Crippen molar-refractivity contribution in [3.8, 4) is 0 Å². The van der Waals surface area contributed by atoms with Crippen LogP contribution in [0.25, 0.3) is 0 Å². The molecule has 9 nitrogen and oxygen atoms in total. The molecule has 0 aromatic heterocycles. The number of carbonyl (C=O) groups is 2. The van der Waals surface area contributed by atoms with Crippen molar-refractivity contribution in [2.45, 2.75) is 315 Å². The number of phosphoric ester groups is 1. The third kappa shape index (κ3) is 69.4. The van der Waals surface area contributed by atoms with E-state index in [9.17, 15) is 19.0 Å². The maximum absolute atomic E-state index is 12.7. The Morgan fingerprint density at radius 3 is 0.965 bits per heavy atom. The second kappa shape index (κ2) is 69.5. The molecule has 0 aliphatic rings. The average Bonchev–Trinajstić information content (AvgIpc) is 3.52. The van der Waals surface area contributed by atoms with Gasteiger partial charge in [0.05, 0.1) is 13.2 Å². The van der Waals surface area contributed by atoms with Crippen molar-refractivity contribution in [2.24, 2.45) is 5.73 Å². The van der Waals surface area contributed by atoms with Crippen LogP contribution in [0.15, 0.2) is 122 Å². The molecule has 0 aromatic rings. The smallest absolute Gasteiger partial charge is 0.462 e. The summed E-state index contributed by atoms with van der Waals surface area (Å²) in [6.45, 7) is 3.61. The van der Waals surface area contributed by atoms with Crippen molar-refractivity contribution < 1.29 is 37.6 Å². The van der Waals surface area contributed by atoms with Gasteiger partial charge >= 0.3 is 19.8 Å². The van der Waals surface area contributed by atoms with Crippen molar-refractivity contribution in [1.29, 1.82) is 0 Å². The summed E-state index contributed by atoms with van der Waals surface area (Å²) in [5, 5.41) is 0. The highest BCUT2D eigenvalue weighted by Gasteiger charge is 2.26. The Labute approximate surface area is 523 Å². The summed E-state index contributed by atoms with van der Waals surface area (Å²) in [7, 11) is -4.41. The summed E-state index contributed by atoms with van der Waals surface area (Å²) in [4.78, 5) is 35.3. The molecular formula is C75H130NO8P. The van der Waals surface area contributed by atoms with Crippen molar-refractivity contribution in [2.75, 3.05) is 26.4 Å². The molecule has 0 rings (SSSR count). The van der Waals surface area contributed by atoms with Gasteiger partial charge in [0.25, 0.3) is 0 Å². The van der Waals surface area contributed by atoms with Crippen LogP contribution in [0.4, 0.5) is 0 Å². The highest BCUT2D eigenvalue weighted by molar-refractivity contribution is 7.47. The van der Waals surface area contributed by atoms with Gasteiger partial charge in [-0.05, 0) is 89.9 Å². The zero-order valence-corrected chi connectivity index (χ0v) is 55.7. The first-order valence-electron chi connectivity index (χ1n) is 35.0. The van der Waals surface area contributed by atoms with Gasteiger partial charge in [-0.1, -0.05) is 328 Å². The van der Waals surface area contributed by atoms with Crippen LogP contribution in [-0.2, 0) is 32.7 Å². The van der Waals surface area contributed by atoms with E-state index in [4.69, 9.17) is 24.3 Å². The Morgan fingerprint density at radius 1 is 0.365 bits per heavy atom. The lowest BCUT2D eigenvalue weighted by molar-refractivity contribution is -0.161. The number of carbonyl (C=O) groups excluding carboxylic acids is 2. The molecule has 0 amide bonds. The number of unbranched alkanes of at least 4 members (excludes halogenated alkanes) is 32. The van der Waals surface area contributed by atoms with E-state index in [0.29, 0.717) is 6.42 Å². The number of nitrogens with two attached hydrogens (primary N) is 1. The number of phosphoric acid groups is 1. The monoisotopic (exact) mass is 1200 g/mol. The standard InChI is InChI=1S/C75H130NO8P/c1-3-5-7-9-11-13-15-17-19-21-23-25-27-29-31-33-35-36-38-40-42-44-46-48-50-52-54-56-58-60-62-64-66-68-75(78)84-73(72-83-85(79,80)82-70-69-76)71-81-74(77)67-65-63-61-59-57-55-53-51-49-47-45-43-41-39-37-34-32-30-28-26-24-22-20-18-16-14-12-10-8-6-4-2/h5,7,11,13,17,19,23,25,29,31,35-36,40,42,46,48,52,54,58,60,73H,3-4,6,8-10,12,14-16,18,20-22,24,26-28,30,32-34,37-39,41,43-45,47,49-51,53,55-57,59,61-72,76H2,1-2H3,(H,79,80)/b7-5-,13-11-,19-17-,25-23-,31-29-,36-35-,42-40-,48-46-,54-52-,60-58-. The van der Waals surface area contributed by atoms with Gasteiger partial charge < -0.3 is 20.1 Å². The quantitative estimate of drug-likeness (QED) is 0.0264. The predicted molar refractivity (Wildman–Crippen MR) is 367 cm³/mol. The molecule has 0 spiro atoms. The number of esters is 2. The van der Waals surface area contributed by atoms with Crippen LogP contribution in [0.1, 0.15) is 309 Å². The van der Waals surface area contributed by atoms with Crippen LogP contribution in [-0.4, -0.2) is 49.3 Å². The zero-order valence-electron chi connectivity index (χ0n) is 54.8. The minimum absolute atomic E-state index is 0.0411. The molecule has 0 saturated heterocycles. The maximum atomic E-state index is 12.7. The van der Waals surface area contributed by atoms with E-state index in [0.717, 1.165) is 96.3 Å². The summed E-state index contributed by atoms with van der Waals surface area (Å²) in [6, 6.07) is 0. The molecule has 0 aromatic carbocycles. The fraction of sp³-hybridized carbons (Fsp3) is 0.707. The lowest BCUT2D eigenvalue weighted by atomic mass is 10.0. The Morgan fingerprint density at radius 2 is 0.647 bits per heavy atom. The third-order valence-electron chi connectivity index (χ3n) is 14.9. The van der Waals surface area contributed by atoms with Gasteiger partial charge in [-0.15, -0.1) is 0 Å². The first-order valence-corrected chi connectivity index (χ1v) is 36.5. The summed E-state index contributed by atoms with van der Waals surface area (Å²) in [5.41, 5.74) is 5.40. The van der Waals surface area contributed by atoms with Crippen LogP contribution in [0.5, 0.6) is 0 Å². The van der Waals surface area contributed by atoms with Gasteiger partial charge in [-0.3, -0.25) is 18.6 Å². The molecule has 10 heteroatoms. The van der Waals surface area contributed by atoms with Crippen LogP contribution < -0.4 is 5.73 Å². The first kappa shape index (κ1) is 81.4.